The second kappa shape index (κ2) is 6.93. The third-order valence-electron chi connectivity index (χ3n) is 3.86. The highest BCUT2D eigenvalue weighted by molar-refractivity contribution is 9.10. The topological polar surface area (TPSA) is 79.1 Å². The van der Waals surface area contributed by atoms with Crippen LogP contribution in [0.25, 0.3) is 10.9 Å². The van der Waals surface area contributed by atoms with Gasteiger partial charge in [0.05, 0.1) is 12.2 Å². The summed E-state index contributed by atoms with van der Waals surface area (Å²) in [7, 11) is 0. The van der Waals surface area contributed by atoms with E-state index in [9.17, 15) is 10.0 Å². The minimum atomic E-state index is -0.186. The van der Waals surface area contributed by atoms with E-state index in [2.05, 4.69) is 38.4 Å². The highest BCUT2D eigenvalue weighted by Crippen LogP contribution is 2.28. The van der Waals surface area contributed by atoms with Crippen molar-refractivity contribution < 1.29 is 10.3 Å². The Morgan fingerprint density at radius 2 is 2.04 bits per heavy atom. The number of H-pyrrole nitrogens is 1. The van der Waals surface area contributed by atoms with Gasteiger partial charge < -0.3 is 15.4 Å². The smallest absolute Gasteiger partial charge is 0.260 e. The molecule has 1 heterocycles. The van der Waals surface area contributed by atoms with Crippen LogP contribution in [0.5, 0.6) is 0 Å². The molecule has 0 spiro atoms. The maximum absolute atomic E-state index is 10.9. The standard InChI is InChI=1S/C17H16BrN3O2/c18-14-8-16(21-23)12(10-22)7-17(14)19-6-5-11-9-20-15-4-2-1-3-13(11)15/h1-4,7-9,19-20,22H,5-6,10H2/p+1. The molecule has 0 saturated heterocycles. The van der Waals surface area contributed by atoms with Crippen LogP contribution in [0, 0.1) is 4.91 Å². The zero-order chi connectivity index (χ0) is 16.2. The number of aliphatic hydroxyl groups is 1. The molecule has 0 aliphatic heterocycles. The van der Waals surface area contributed by atoms with Gasteiger partial charge in [-0.15, -0.1) is 0 Å². The first kappa shape index (κ1) is 15.7. The fraction of sp³-hybridized carbons (Fsp3) is 0.176. The summed E-state index contributed by atoms with van der Waals surface area (Å²) in [4.78, 5) is 14.1. The second-order valence-corrected chi connectivity index (χ2v) is 6.14. The molecule has 0 bridgehead atoms. The zero-order valence-electron chi connectivity index (χ0n) is 12.4. The Kier molecular flexibility index (Phi) is 4.73. The zero-order valence-corrected chi connectivity index (χ0v) is 14.0. The molecular weight excluding hydrogens is 358 g/mol. The molecule has 4 N–H and O–H groups in total. The average Bonchev–Trinajstić information content (AvgIpc) is 2.99. The molecule has 0 unspecified atom stereocenters. The number of benzene rings is 2. The van der Waals surface area contributed by atoms with Crippen molar-refractivity contribution in [2.24, 2.45) is 0 Å². The Labute approximate surface area is 141 Å². The Morgan fingerprint density at radius 3 is 2.83 bits per heavy atom. The van der Waals surface area contributed by atoms with Crippen LogP contribution in [-0.2, 0) is 13.0 Å². The lowest BCUT2D eigenvalue weighted by Gasteiger charge is -2.09. The van der Waals surface area contributed by atoms with Crippen molar-refractivity contribution in [3.63, 3.8) is 0 Å². The summed E-state index contributed by atoms with van der Waals surface area (Å²) in [6, 6.07) is 11.7. The lowest BCUT2D eigenvalue weighted by Crippen LogP contribution is -2.56. The molecule has 0 radical (unpaired) electrons. The van der Waals surface area contributed by atoms with Crippen LogP contribution in [0.1, 0.15) is 11.1 Å². The number of aliphatic hydroxyl groups excluding tert-OH is 1. The van der Waals surface area contributed by atoms with Gasteiger partial charge in [-0.2, -0.15) is 0 Å². The van der Waals surface area contributed by atoms with Gasteiger partial charge in [0.25, 0.3) is 5.69 Å². The molecule has 0 aliphatic rings. The molecule has 6 heteroatoms. The van der Waals surface area contributed by atoms with Crippen LogP contribution >= 0.6 is 15.9 Å². The van der Waals surface area contributed by atoms with Gasteiger partial charge in [0, 0.05) is 50.0 Å². The summed E-state index contributed by atoms with van der Waals surface area (Å²) in [6.45, 7) is 0.560. The first-order valence-electron chi connectivity index (χ1n) is 7.33. The summed E-state index contributed by atoms with van der Waals surface area (Å²) in [5, 5.41) is 15.7. The van der Waals surface area contributed by atoms with Gasteiger partial charge in [-0.05, 0) is 40.0 Å². The number of rotatable bonds is 6. The molecule has 5 nitrogen and oxygen atoms in total. The van der Waals surface area contributed by atoms with E-state index < -0.39 is 0 Å². The summed E-state index contributed by atoms with van der Waals surface area (Å²) < 4.78 is 0.784. The van der Waals surface area contributed by atoms with E-state index in [1.54, 1.807) is 12.1 Å². The van der Waals surface area contributed by atoms with E-state index in [1.807, 2.05) is 23.5 Å². The van der Waals surface area contributed by atoms with Gasteiger partial charge in [0.1, 0.15) is 0 Å². The Hall–Kier alpha value is -2.18. The monoisotopic (exact) mass is 374 g/mol. The number of aromatic nitrogens is 1. The number of fused-ring (bicyclic) bond motifs is 1. The molecule has 2 aromatic carbocycles. The van der Waals surface area contributed by atoms with Crippen LogP contribution in [0.4, 0.5) is 11.4 Å². The molecule has 118 valence electrons. The second-order valence-electron chi connectivity index (χ2n) is 5.29. The Morgan fingerprint density at radius 1 is 1.22 bits per heavy atom. The predicted molar refractivity (Wildman–Crippen MR) is 94.5 cm³/mol. The summed E-state index contributed by atoms with van der Waals surface area (Å²) in [5.74, 6) is 0. The van der Waals surface area contributed by atoms with Crippen molar-refractivity contribution in [1.29, 1.82) is 0 Å². The Bertz CT molecular complexity index is 845. The van der Waals surface area contributed by atoms with Crippen LogP contribution in [-0.4, -0.2) is 16.6 Å². The van der Waals surface area contributed by atoms with E-state index in [0.29, 0.717) is 11.3 Å². The number of aromatic amines is 1. The van der Waals surface area contributed by atoms with Gasteiger partial charge >= 0.3 is 0 Å². The number of nitrogens with one attached hydrogen (secondary N) is 3. The molecule has 1 aromatic heterocycles. The lowest BCUT2D eigenvalue weighted by atomic mass is 10.1. The van der Waals surface area contributed by atoms with Gasteiger partial charge in [0.2, 0.25) is 0 Å². The van der Waals surface area contributed by atoms with Crippen molar-refractivity contribution in [2.75, 3.05) is 11.9 Å². The minimum Gasteiger partial charge on any atom is -0.391 e. The molecular formula is C17H17BrN3O2+. The van der Waals surface area contributed by atoms with Gasteiger partial charge in [-0.1, -0.05) is 18.2 Å². The lowest BCUT2D eigenvalue weighted by molar-refractivity contribution is -0.380. The van der Waals surface area contributed by atoms with Gasteiger partial charge in [-0.3, -0.25) is 0 Å². The molecule has 23 heavy (non-hydrogen) atoms. The molecule has 3 rings (SSSR count). The largest absolute Gasteiger partial charge is 0.391 e. The Balaban J connectivity index is 1.72. The number of hydrogen-bond acceptors (Lipinski definition) is 3. The van der Waals surface area contributed by atoms with Crippen molar-refractivity contribution in [1.82, 2.24) is 4.98 Å². The normalized spacial score (nSPS) is 10.9. The molecule has 3 aromatic rings. The fourth-order valence-corrected chi connectivity index (χ4v) is 3.13. The summed E-state index contributed by atoms with van der Waals surface area (Å²) in [5.41, 5.74) is 4.19. The number of hydrogen-bond donors (Lipinski definition) is 4. The SMILES string of the molecule is O=[NH+]c1cc(Br)c(NCCc2c[nH]c3ccccc23)cc1CO. The van der Waals surface area contributed by atoms with Crippen LogP contribution in [0.2, 0.25) is 0 Å². The van der Waals surface area contributed by atoms with Crippen molar-refractivity contribution in [3.05, 3.63) is 63.1 Å². The number of halogens is 1. The van der Waals surface area contributed by atoms with Crippen LogP contribution in [0.3, 0.4) is 0 Å². The number of para-hydroxylation sites is 1. The van der Waals surface area contributed by atoms with E-state index in [0.717, 1.165) is 28.6 Å². The third kappa shape index (κ3) is 3.28. The maximum atomic E-state index is 10.9. The van der Waals surface area contributed by atoms with E-state index in [1.165, 1.54) is 10.9 Å². The van der Waals surface area contributed by atoms with E-state index in [-0.39, 0.29) is 6.61 Å². The van der Waals surface area contributed by atoms with E-state index >= 15 is 0 Å². The molecule has 0 saturated carbocycles. The van der Waals surface area contributed by atoms with E-state index in [4.69, 9.17) is 0 Å². The van der Waals surface area contributed by atoms with Gasteiger partial charge in [0.15, 0.2) is 0 Å². The molecule has 0 fully saturated rings. The molecule has 0 atom stereocenters. The van der Waals surface area contributed by atoms with Crippen LogP contribution < -0.4 is 10.5 Å². The highest BCUT2D eigenvalue weighted by atomic mass is 79.9. The predicted octanol–water partition coefficient (Wildman–Crippen LogP) is 2.56. The van der Waals surface area contributed by atoms with Gasteiger partial charge in [-0.25, -0.2) is 0 Å². The quantitative estimate of drug-likeness (QED) is 0.535. The first-order chi connectivity index (χ1) is 11.2. The number of nitroso groups, excluding NO2 is 1. The summed E-state index contributed by atoms with van der Waals surface area (Å²) >= 11 is 3.44. The first-order valence-corrected chi connectivity index (χ1v) is 8.12. The third-order valence-corrected chi connectivity index (χ3v) is 4.51. The minimum absolute atomic E-state index is 0.186. The maximum Gasteiger partial charge on any atom is 0.260 e. The fourth-order valence-electron chi connectivity index (χ4n) is 2.65. The average molecular weight is 375 g/mol. The summed E-state index contributed by atoms with van der Waals surface area (Å²) in [6.07, 6.45) is 2.90. The number of anilines is 1. The van der Waals surface area contributed by atoms with Crippen molar-refractivity contribution in [2.45, 2.75) is 13.0 Å². The highest BCUT2D eigenvalue weighted by Gasteiger charge is 2.12. The molecule has 0 aliphatic carbocycles. The van der Waals surface area contributed by atoms with Crippen molar-refractivity contribution >= 4 is 38.2 Å². The van der Waals surface area contributed by atoms with Crippen LogP contribution in [0.15, 0.2) is 47.1 Å². The van der Waals surface area contributed by atoms with Crippen molar-refractivity contribution in [3.8, 4) is 0 Å². The molecule has 0 amide bonds.